The van der Waals surface area contributed by atoms with E-state index in [-0.39, 0.29) is 0 Å². The average Bonchev–Trinajstić information content (AvgIpc) is 2.97. The highest BCUT2D eigenvalue weighted by atomic mass is 32.1. The zero-order chi connectivity index (χ0) is 13.0. The fraction of sp³-hybridized carbons (Fsp3) is 0.500. The molecule has 2 atom stereocenters. The van der Waals surface area contributed by atoms with E-state index in [4.69, 9.17) is 4.42 Å². The van der Waals surface area contributed by atoms with Crippen molar-refractivity contribution in [3.63, 3.8) is 0 Å². The van der Waals surface area contributed by atoms with E-state index < -0.39 is 0 Å². The maximum Gasteiger partial charge on any atom is 0.103 e. The smallest absolute Gasteiger partial charge is 0.103 e. The lowest BCUT2D eigenvalue weighted by atomic mass is 10.1. The van der Waals surface area contributed by atoms with Gasteiger partial charge in [0, 0.05) is 23.9 Å². The summed E-state index contributed by atoms with van der Waals surface area (Å²) in [5.74, 6) is 1.06. The van der Waals surface area contributed by atoms with Gasteiger partial charge in [-0.1, -0.05) is 0 Å². The van der Waals surface area contributed by atoms with Gasteiger partial charge in [-0.2, -0.15) is 0 Å². The molecule has 3 nitrogen and oxygen atoms in total. The van der Waals surface area contributed by atoms with Crippen molar-refractivity contribution in [2.45, 2.75) is 45.7 Å². The summed E-state index contributed by atoms with van der Waals surface area (Å²) in [6, 6.07) is 4.72. The number of aryl methyl sites for hydroxylation is 2. The first-order valence-electron chi connectivity index (χ1n) is 6.35. The van der Waals surface area contributed by atoms with Gasteiger partial charge in [0.25, 0.3) is 0 Å². The van der Waals surface area contributed by atoms with Crippen LogP contribution in [-0.4, -0.2) is 11.0 Å². The molecule has 0 radical (unpaired) electrons. The van der Waals surface area contributed by atoms with E-state index in [0.717, 1.165) is 29.3 Å². The Hall–Kier alpha value is -1.13. The lowest BCUT2D eigenvalue weighted by molar-refractivity contribution is 0.427. The Kier molecular flexibility index (Phi) is 4.55. The summed E-state index contributed by atoms with van der Waals surface area (Å²) in [7, 11) is 0. The normalized spacial score (nSPS) is 14.6. The SMILES string of the molecule is Cc1nc(C(C)NC(C)CCc2ccco2)cs1. The van der Waals surface area contributed by atoms with Gasteiger partial charge in [-0.25, -0.2) is 4.98 Å². The van der Waals surface area contributed by atoms with Crippen LogP contribution in [0.3, 0.4) is 0 Å². The van der Waals surface area contributed by atoms with Gasteiger partial charge in [-0.05, 0) is 39.3 Å². The minimum Gasteiger partial charge on any atom is -0.469 e. The van der Waals surface area contributed by atoms with E-state index in [9.17, 15) is 0 Å². The number of nitrogens with one attached hydrogen (secondary N) is 1. The number of thiazole rings is 1. The second kappa shape index (κ2) is 6.16. The zero-order valence-corrected chi connectivity index (χ0v) is 12.0. The quantitative estimate of drug-likeness (QED) is 0.864. The first-order chi connectivity index (χ1) is 8.65. The molecule has 4 heteroatoms. The molecule has 0 amide bonds. The Morgan fingerprint density at radius 2 is 2.28 bits per heavy atom. The topological polar surface area (TPSA) is 38.1 Å². The van der Waals surface area contributed by atoms with Gasteiger partial charge in [0.15, 0.2) is 0 Å². The third kappa shape index (κ3) is 3.68. The predicted octanol–water partition coefficient (Wildman–Crippen LogP) is 3.72. The molecule has 0 bridgehead atoms. The van der Waals surface area contributed by atoms with Crippen LogP contribution in [0.25, 0.3) is 0 Å². The van der Waals surface area contributed by atoms with Crippen LogP contribution < -0.4 is 5.32 Å². The standard InChI is InChI=1S/C14H20N2OS/c1-10(6-7-13-5-4-8-17-13)15-11(2)14-9-18-12(3)16-14/h4-5,8-11,15H,6-7H2,1-3H3. The van der Waals surface area contributed by atoms with Crippen LogP contribution in [-0.2, 0) is 6.42 Å². The Balaban J connectivity index is 1.78. The molecule has 0 aromatic carbocycles. The van der Waals surface area contributed by atoms with Gasteiger partial charge >= 0.3 is 0 Å². The number of rotatable bonds is 6. The number of aromatic nitrogens is 1. The maximum atomic E-state index is 5.34. The van der Waals surface area contributed by atoms with Crippen molar-refractivity contribution < 1.29 is 4.42 Å². The van der Waals surface area contributed by atoms with Gasteiger partial charge in [0.1, 0.15) is 5.76 Å². The van der Waals surface area contributed by atoms with Gasteiger partial charge in [0.05, 0.1) is 17.0 Å². The molecule has 0 saturated carbocycles. The monoisotopic (exact) mass is 264 g/mol. The summed E-state index contributed by atoms with van der Waals surface area (Å²) in [4.78, 5) is 4.51. The van der Waals surface area contributed by atoms with Crippen LogP contribution in [0.5, 0.6) is 0 Å². The fourth-order valence-corrected chi connectivity index (χ4v) is 2.69. The summed E-state index contributed by atoms with van der Waals surface area (Å²) < 4.78 is 5.34. The molecular weight excluding hydrogens is 244 g/mol. The van der Waals surface area contributed by atoms with Crippen molar-refractivity contribution in [1.29, 1.82) is 0 Å². The van der Waals surface area contributed by atoms with Crippen molar-refractivity contribution in [1.82, 2.24) is 10.3 Å². The molecule has 2 rings (SSSR count). The number of hydrogen-bond acceptors (Lipinski definition) is 4. The lowest BCUT2D eigenvalue weighted by Gasteiger charge is -2.18. The van der Waals surface area contributed by atoms with Crippen LogP contribution in [0, 0.1) is 6.92 Å². The van der Waals surface area contributed by atoms with E-state index in [0.29, 0.717) is 12.1 Å². The van der Waals surface area contributed by atoms with Crippen molar-refractivity contribution in [3.8, 4) is 0 Å². The summed E-state index contributed by atoms with van der Waals surface area (Å²) in [5.41, 5.74) is 1.14. The number of hydrogen-bond donors (Lipinski definition) is 1. The molecular formula is C14H20N2OS. The molecule has 18 heavy (non-hydrogen) atoms. The van der Waals surface area contributed by atoms with Gasteiger partial charge < -0.3 is 9.73 Å². The van der Waals surface area contributed by atoms with Crippen LogP contribution >= 0.6 is 11.3 Å². The third-order valence-corrected chi connectivity index (χ3v) is 3.81. The highest BCUT2D eigenvalue weighted by molar-refractivity contribution is 7.09. The molecule has 0 spiro atoms. The Labute approximate surface area is 112 Å². The fourth-order valence-electron chi connectivity index (χ4n) is 1.99. The van der Waals surface area contributed by atoms with E-state index in [1.165, 1.54) is 0 Å². The second-order valence-corrected chi connectivity index (χ2v) is 5.76. The van der Waals surface area contributed by atoms with Gasteiger partial charge in [0.2, 0.25) is 0 Å². The highest BCUT2D eigenvalue weighted by Crippen LogP contribution is 2.17. The first-order valence-corrected chi connectivity index (χ1v) is 7.23. The van der Waals surface area contributed by atoms with Crippen molar-refractivity contribution in [2.75, 3.05) is 0 Å². The van der Waals surface area contributed by atoms with Gasteiger partial charge in [-0.15, -0.1) is 11.3 Å². The molecule has 2 aromatic heterocycles. The molecule has 98 valence electrons. The molecule has 2 aromatic rings. The molecule has 0 aliphatic heterocycles. The van der Waals surface area contributed by atoms with Crippen LogP contribution in [0.15, 0.2) is 28.2 Å². The number of furan rings is 1. The molecule has 1 N–H and O–H groups in total. The molecule has 0 saturated heterocycles. The molecule has 2 unspecified atom stereocenters. The van der Waals surface area contributed by atoms with Crippen LogP contribution in [0.2, 0.25) is 0 Å². The van der Waals surface area contributed by atoms with Crippen molar-refractivity contribution in [3.05, 3.63) is 40.2 Å². The maximum absolute atomic E-state index is 5.34. The second-order valence-electron chi connectivity index (χ2n) is 4.70. The summed E-state index contributed by atoms with van der Waals surface area (Å²) in [6.07, 6.45) is 3.78. The van der Waals surface area contributed by atoms with E-state index in [2.05, 4.69) is 29.5 Å². The van der Waals surface area contributed by atoms with Crippen LogP contribution in [0.1, 0.15) is 42.8 Å². The largest absolute Gasteiger partial charge is 0.469 e. The van der Waals surface area contributed by atoms with Crippen molar-refractivity contribution >= 4 is 11.3 Å². The van der Waals surface area contributed by atoms with E-state index >= 15 is 0 Å². The Bertz CT molecular complexity index is 464. The summed E-state index contributed by atoms with van der Waals surface area (Å²) >= 11 is 1.71. The lowest BCUT2D eigenvalue weighted by Crippen LogP contribution is -2.29. The van der Waals surface area contributed by atoms with Crippen LogP contribution in [0.4, 0.5) is 0 Å². The number of nitrogens with zero attached hydrogens (tertiary/aromatic N) is 1. The highest BCUT2D eigenvalue weighted by Gasteiger charge is 2.12. The third-order valence-electron chi connectivity index (χ3n) is 3.02. The van der Waals surface area contributed by atoms with E-state index in [1.54, 1.807) is 17.6 Å². The minimum atomic E-state index is 0.307. The minimum absolute atomic E-state index is 0.307. The molecule has 2 heterocycles. The molecule has 0 aliphatic carbocycles. The Morgan fingerprint density at radius 1 is 1.44 bits per heavy atom. The summed E-state index contributed by atoms with van der Waals surface area (Å²) in [6.45, 7) is 6.41. The Morgan fingerprint density at radius 3 is 2.89 bits per heavy atom. The molecule has 0 fully saturated rings. The van der Waals surface area contributed by atoms with E-state index in [1.807, 2.05) is 19.1 Å². The summed E-state index contributed by atoms with van der Waals surface area (Å²) in [5, 5.41) is 6.83. The average molecular weight is 264 g/mol. The van der Waals surface area contributed by atoms with Crippen molar-refractivity contribution in [2.24, 2.45) is 0 Å². The zero-order valence-electron chi connectivity index (χ0n) is 11.1. The molecule has 0 aliphatic rings. The van der Waals surface area contributed by atoms with Gasteiger partial charge in [-0.3, -0.25) is 0 Å². The predicted molar refractivity (Wildman–Crippen MR) is 74.9 cm³/mol. The first kappa shape index (κ1) is 13.3.